The van der Waals surface area contributed by atoms with Crippen molar-refractivity contribution in [1.82, 2.24) is 0 Å². The van der Waals surface area contributed by atoms with Crippen LogP contribution in [0.4, 0.5) is 0 Å². The van der Waals surface area contributed by atoms with Crippen molar-refractivity contribution in [3.8, 4) is 0 Å². The summed E-state index contributed by atoms with van der Waals surface area (Å²) in [6.45, 7) is 4.68. The van der Waals surface area contributed by atoms with Gasteiger partial charge in [-0.3, -0.25) is 0 Å². The summed E-state index contributed by atoms with van der Waals surface area (Å²) in [6, 6.07) is 6.15. The number of hydrogen-bond donors (Lipinski definition) is 0. The van der Waals surface area contributed by atoms with Crippen LogP contribution < -0.4 is 0 Å². The molecule has 6 heteroatoms. The van der Waals surface area contributed by atoms with Crippen LogP contribution in [0.25, 0.3) is 0 Å². The summed E-state index contributed by atoms with van der Waals surface area (Å²) < 4.78 is 34.9. The molecule has 0 heterocycles. The van der Waals surface area contributed by atoms with E-state index in [4.69, 9.17) is 21.1 Å². The molecule has 0 spiro atoms. The van der Waals surface area contributed by atoms with E-state index >= 15 is 0 Å². The lowest BCUT2D eigenvalue weighted by atomic mass is 10.4. The lowest BCUT2D eigenvalue weighted by Gasteiger charge is -2.16. The van der Waals surface area contributed by atoms with Crippen molar-refractivity contribution in [2.45, 2.75) is 31.5 Å². The van der Waals surface area contributed by atoms with Gasteiger partial charge in [0, 0.05) is 24.7 Å². The molecule has 0 bridgehead atoms. The Balaban J connectivity index is 2.66. The highest BCUT2D eigenvalue weighted by Crippen LogP contribution is 2.17. The van der Waals surface area contributed by atoms with E-state index in [0.717, 1.165) is 0 Å². The van der Waals surface area contributed by atoms with E-state index < -0.39 is 16.1 Å². The van der Waals surface area contributed by atoms with Crippen molar-refractivity contribution in [3.05, 3.63) is 29.3 Å². The fourth-order valence-corrected chi connectivity index (χ4v) is 3.01. The van der Waals surface area contributed by atoms with Crippen molar-refractivity contribution in [2.24, 2.45) is 0 Å². The van der Waals surface area contributed by atoms with Crippen LogP contribution in [0.2, 0.25) is 5.02 Å². The maximum Gasteiger partial charge on any atom is 0.178 e. The Morgan fingerprint density at radius 2 is 1.63 bits per heavy atom. The van der Waals surface area contributed by atoms with Crippen LogP contribution in [0.1, 0.15) is 20.3 Å². The highest BCUT2D eigenvalue weighted by atomic mass is 35.5. The van der Waals surface area contributed by atoms with E-state index in [-0.39, 0.29) is 10.6 Å². The maximum atomic E-state index is 12.1. The third-order valence-corrected chi connectivity index (χ3v) is 4.52. The number of benzene rings is 1. The van der Waals surface area contributed by atoms with Crippen molar-refractivity contribution >= 4 is 21.4 Å². The summed E-state index contributed by atoms with van der Waals surface area (Å²) in [5, 5.41) is 0.514. The Morgan fingerprint density at radius 1 is 1.11 bits per heavy atom. The summed E-state index contributed by atoms with van der Waals surface area (Å²) >= 11 is 5.74. The number of halogens is 1. The third kappa shape index (κ3) is 5.48. The molecule has 0 fully saturated rings. The predicted molar refractivity (Wildman–Crippen MR) is 75.2 cm³/mol. The third-order valence-electron chi connectivity index (χ3n) is 2.50. The number of ether oxygens (including phenoxy) is 2. The first-order chi connectivity index (χ1) is 8.99. The maximum absolute atomic E-state index is 12.1. The van der Waals surface area contributed by atoms with Gasteiger partial charge in [0.15, 0.2) is 16.1 Å². The fourth-order valence-electron chi connectivity index (χ4n) is 1.60. The molecule has 0 saturated heterocycles. The standard InChI is InChI=1S/C13H19ClO4S/c1-3-17-13(18-4-2)9-10-19(15,16)12-7-5-11(14)6-8-12/h5-8,13H,3-4,9-10H2,1-2H3. The van der Waals surface area contributed by atoms with E-state index in [1.807, 2.05) is 13.8 Å². The van der Waals surface area contributed by atoms with E-state index in [9.17, 15) is 8.42 Å². The molecule has 19 heavy (non-hydrogen) atoms. The van der Waals surface area contributed by atoms with E-state index in [1.54, 1.807) is 12.1 Å². The summed E-state index contributed by atoms with van der Waals surface area (Å²) in [5.74, 6) is -0.0146. The molecule has 0 unspecified atom stereocenters. The molecule has 0 amide bonds. The van der Waals surface area contributed by atoms with Crippen LogP contribution in [-0.4, -0.2) is 33.7 Å². The van der Waals surface area contributed by atoms with Gasteiger partial charge < -0.3 is 9.47 Å². The lowest BCUT2D eigenvalue weighted by molar-refractivity contribution is -0.136. The Labute approximate surface area is 119 Å². The minimum absolute atomic E-state index is 0.0146. The zero-order chi connectivity index (χ0) is 14.3. The zero-order valence-corrected chi connectivity index (χ0v) is 12.7. The average molecular weight is 307 g/mol. The second-order valence-electron chi connectivity index (χ2n) is 3.90. The second kappa shape index (κ2) is 7.85. The van der Waals surface area contributed by atoms with E-state index in [0.29, 0.717) is 24.7 Å². The molecule has 0 atom stereocenters. The predicted octanol–water partition coefficient (Wildman–Crippen LogP) is 2.90. The van der Waals surface area contributed by atoms with Gasteiger partial charge in [-0.1, -0.05) is 11.6 Å². The molecule has 0 aliphatic rings. The average Bonchev–Trinajstić information content (AvgIpc) is 2.37. The van der Waals surface area contributed by atoms with Crippen LogP contribution in [-0.2, 0) is 19.3 Å². The highest BCUT2D eigenvalue weighted by Gasteiger charge is 2.18. The van der Waals surface area contributed by atoms with Gasteiger partial charge in [0.05, 0.1) is 10.6 Å². The molecule has 0 radical (unpaired) electrons. The molecule has 0 aromatic heterocycles. The van der Waals surface area contributed by atoms with Crippen molar-refractivity contribution in [3.63, 3.8) is 0 Å². The normalized spacial score (nSPS) is 12.0. The second-order valence-corrected chi connectivity index (χ2v) is 6.45. The molecule has 0 aliphatic heterocycles. The van der Waals surface area contributed by atoms with Gasteiger partial charge in [0.2, 0.25) is 0 Å². The SMILES string of the molecule is CCOC(CCS(=O)(=O)c1ccc(Cl)cc1)OCC. The van der Waals surface area contributed by atoms with Gasteiger partial charge in [0.1, 0.15) is 0 Å². The first-order valence-corrected chi connectivity index (χ1v) is 8.24. The number of rotatable bonds is 8. The quantitative estimate of drug-likeness (QED) is 0.693. The Bertz CT molecular complexity index is 464. The Kier molecular flexibility index (Phi) is 6.79. The number of sulfone groups is 1. The molecule has 0 saturated carbocycles. The van der Waals surface area contributed by atoms with E-state index in [2.05, 4.69) is 0 Å². The summed E-state index contributed by atoms with van der Waals surface area (Å²) in [5.41, 5.74) is 0. The number of hydrogen-bond acceptors (Lipinski definition) is 4. The van der Waals surface area contributed by atoms with Crippen molar-refractivity contribution < 1.29 is 17.9 Å². The first-order valence-electron chi connectivity index (χ1n) is 6.21. The minimum atomic E-state index is -3.33. The largest absolute Gasteiger partial charge is 0.353 e. The van der Waals surface area contributed by atoms with Gasteiger partial charge in [-0.05, 0) is 38.1 Å². The highest BCUT2D eigenvalue weighted by molar-refractivity contribution is 7.91. The van der Waals surface area contributed by atoms with Gasteiger partial charge in [0.25, 0.3) is 0 Å². The first kappa shape index (κ1) is 16.4. The lowest BCUT2D eigenvalue weighted by Crippen LogP contribution is -2.21. The Hall–Kier alpha value is -0.620. The van der Waals surface area contributed by atoms with Gasteiger partial charge >= 0.3 is 0 Å². The zero-order valence-electron chi connectivity index (χ0n) is 11.1. The molecule has 1 aromatic carbocycles. The van der Waals surface area contributed by atoms with Crippen LogP contribution in [0, 0.1) is 0 Å². The molecule has 0 aliphatic carbocycles. The van der Waals surface area contributed by atoms with Crippen LogP contribution in [0.3, 0.4) is 0 Å². The molecule has 108 valence electrons. The van der Waals surface area contributed by atoms with Gasteiger partial charge in [-0.2, -0.15) is 0 Å². The molecular weight excluding hydrogens is 288 g/mol. The summed E-state index contributed by atoms with van der Waals surface area (Å²) in [4.78, 5) is 0.267. The molecule has 0 N–H and O–H groups in total. The molecule has 4 nitrogen and oxygen atoms in total. The smallest absolute Gasteiger partial charge is 0.178 e. The van der Waals surface area contributed by atoms with Gasteiger partial charge in [-0.25, -0.2) is 8.42 Å². The topological polar surface area (TPSA) is 52.6 Å². The van der Waals surface area contributed by atoms with Crippen molar-refractivity contribution in [1.29, 1.82) is 0 Å². The molecular formula is C13H19ClO4S. The van der Waals surface area contributed by atoms with Crippen molar-refractivity contribution in [2.75, 3.05) is 19.0 Å². The summed E-state index contributed by atoms with van der Waals surface area (Å²) in [7, 11) is -3.33. The molecule has 1 aromatic rings. The van der Waals surface area contributed by atoms with Crippen LogP contribution in [0.5, 0.6) is 0 Å². The van der Waals surface area contributed by atoms with Crippen LogP contribution >= 0.6 is 11.6 Å². The van der Waals surface area contributed by atoms with Crippen LogP contribution in [0.15, 0.2) is 29.2 Å². The monoisotopic (exact) mass is 306 g/mol. The minimum Gasteiger partial charge on any atom is -0.353 e. The summed E-state index contributed by atoms with van der Waals surface area (Å²) in [6.07, 6.45) is -0.163. The van der Waals surface area contributed by atoms with E-state index in [1.165, 1.54) is 12.1 Å². The van der Waals surface area contributed by atoms with Gasteiger partial charge in [-0.15, -0.1) is 0 Å². The molecule has 1 rings (SSSR count). The fraction of sp³-hybridized carbons (Fsp3) is 0.538. The Morgan fingerprint density at radius 3 is 2.11 bits per heavy atom.